The van der Waals surface area contributed by atoms with Gasteiger partial charge in [-0.3, -0.25) is 9.13 Å². The summed E-state index contributed by atoms with van der Waals surface area (Å²) in [5, 5.41) is 1.69. The Labute approximate surface area is 172 Å². The van der Waals surface area contributed by atoms with Crippen LogP contribution in [0.25, 0.3) is 0 Å². The maximum atomic E-state index is 13.3. The van der Waals surface area contributed by atoms with E-state index in [4.69, 9.17) is 18.1 Å². The van der Waals surface area contributed by atoms with Crippen molar-refractivity contribution in [3.05, 3.63) is 23.3 Å². The van der Waals surface area contributed by atoms with Crippen LogP contribution in [0.2, 0.25) is 0 Å². The van der Waals surface area contributed by atoms with Crippen molar-refractivity contribution in [3.8, 4) is 0 Å². The predicted octanol–water partition coefficient (Wildman–Crippen LogP) is 5.26. The highest BCUT2D eigenvalue weighted by molar-refractivity contribution is 9.08. The Hall–Kier alpha value is 0.480. The lowest BCUT2D eigenvalue weighted by molar-refractivity contribution is 0.228. The molecule has 0 spiro atoms. The molecule has 0 unspecified atom stereocenters. The summed E-state index contributed by atoms with van der Waals surface area (Å²) >= 11 is 6.83. The van der Waals surface area contributed by atoms with Crippen LogP contribution in [0.1, 0.15) is 38.8 Å². The van der Waals surface area contributed by atoms with Crippen LogP contribution in [0.3, 0.4) is 0 Å². The summed E-state index contributed by atoms with van der Waals surface area (Å²) in [6.45, 7) is 8.05. The fourth-order valence-electron chi connectivity index (χ4n) is 2.42. The molecule has 0 saturated carbocycles. The lowest BCUT2D eigenvalue weighted by Gasteiger charge is -2.24. The molecule has 0 saturated heterocycles. The zero-order valence-corrected chi connectivity index (χ0v) is 20.5. The number of hydrogen-bond donors (Lipinski definition) is 0. The number of hydrogen-bond acceptors (Lipinski definition) is 6. The maximum absolute atomic E-state index is 13.3. The zero-order chi connectivity index (χ0) is 19.8. The summed E-state index contributed by atoms with van der Waals surface area (Å²) in [5.74, 6) is 0. The normalized spacial score (nSPS) is 12.5. The van der Waals surface area contributed by atoms with E-state index in [0.717, 1.165) is 0 Å². The molecule has 0 bridgehead atoms. The molecule has 150 valence electrons. The molecule has 0 aliphatic carbocycles. The van der Waals surface area contributed by atoms with Crippen LogP contribution in [0.15, 0.2) is 12.1 Å². The molecule has 0 amide bonds. The molecule has 0 atom stereocenters. The van der Waals surface area contributed by atoms with E-state index in [0.29, 0.717) is 32.4 Å². The Morgan fingerprint density at radius 2 is 0.962 bits per heavy atom. The van der Waals surface area contributed by atoms with Crippen molar-refractivity contribution in [2.24, 2.45) is 0 Å². The fraction of sp³-hybridized carbons (Fsp3) is 0.625. The van der Waals surface area contributed by atoms with Gasteiger partial charge in [0, 0.05) is 10.7 Å². The summed E-state index contributed by atoms with van der Waals surface area (Å²) in [7, 11) is -6.98. The molecule has 0 N–H and O–H groups in total. The number of halogens is 2. The highest BCUT2D eigenvalue weighted by Gasteiger charge is 2.35. The van der Waals surface area contributed by atoms with Gasteiger partial charge in [-0.25, -0.2) is 0 Å². The first-order valence-corrected chi connectivity index (χ1v) is 13.8. The van der Waals surface area contributed by atoms with E-state index in [2.05, 4.69) is 31.9 Å². The summed E-state index contributed by atoms with van der Waals surface area (Å²) in [6.07, 6.45) is 0. The van der Waals surface area contributed by atoms with E-state index < -0.39 is 15.2 Å². The van der Waals surface area contributed by atoms with Gasteiger partial charge in [0.25, 0.3) is 0 Å². The molecule has 0 aliphatic rings. The fourth-order valence-corrected chi connectivity index (χ4v) is 7.46. The van der Waals surface area contributed by atoms with Crippen molar-refractivity contribution in [1.82, 2.24) is 0 Å². The summed E-state index contributed by atoms with van der Waals surface area (Å²) in [4.78, 5) is 0. The Morgan fingerprint density at radius 1 is 0.692 bits per heavy atom. The third kappa shape index (κ3) is 5.74. The van der Waals surface area contributed by atoms with Gasteiger partial charge in [-0.1, -0.05) is 31.9 Å². The second-order valence-corrected chi connectivity index (χ2v) is 10.2. The molecular weight excluding hydrogens is 510 g/mol. The number of alkyl halides is 2. The van der Waals surface area contributed by atoms with Crippen LogP contribution in [0, 0.1) is 0 Å². The van der Waals surface area contributed by atoms with Gasteiger partial charge in [0.05, 0.1) is 37.0 Å². The van der Waals surface area contributed by atoms with Crippen molar-refractivity contribution >= 4 is 57.7 Å². The van der Waals surface area contributed by atoms with Gasteiger partial charge in [0.2, 0.25) is 0 Å². The van der Waals surface area contributed by atoms with E-state index >= 15 is 0 Å². The topological polar surface area (TPSA) is 71.1 Å². The van der Waals surface area contributed by atoms with E-state index in [-0.39, 0.29) is 26.4 Å². The summed E-state index contributed by atoms with van der Waals surface area (Å²) < 4.78 is 48.5. The van der Waals surface area contributed by atoms with Crippen molar-refractivity contribution in [1.29, 1.82) is 0 Å². The molecule has 6 nitrogen and oxygen atoms in total. The Bertz CT molecular complexity index is 605. The zero-order valence-electron chi connectivity index (χ0n) is 15.5. The largest absolute Gasteiger partial charge is 0.361 e. The minimum Gasteiger partial charge on any atom is -0.305 e. The van der Waals surface area contributed by atoms with Gasteiger partial charge in [-0.05, 0) is 51.0 Å². The Balaban J connectivity index is 3.65. The first-order chi connectivity index (χ1) is 12.4. The molecule has 0 radical (unpaired) electrons. The second-order valence-electron chi connectivity index (χ2n) is 5.04. The van der Waals surface area contributed by atoms with Crippen molar-refractivity contribution < 1.29 is 27.2 Å². The lowest BCUT2D eigenvalue weighted by Crippen LogP contribution is -2.23. The van der Waals surface area contributed by atoms with Gasteiger partial charge in [0.1, 0.15) is 0 Å². The molecule has 1 aromatic rings. The standard InChI is InChI=1S/C16H26Br2O6P2/c1-5-21-25(19,22-6-2)15-9-14(12-18)16(10-13(15)11-17)26(20,23-7-3)24-8-4/h9-10H,5-8,11-12H2,1-4H3. The first kappa shape index (κ1) is 24.5. The third-order valence-electron chi connectivity index (χ3n) is 3.35. The van der Waals surface area contributed by atoms with Crippen LogP contribution in [-0.2, 0) is 37.9 Å². The summed E-state index contributed by atoms with van der Waals surface area (Å²) in [5.41, 5.74) is 1.32. The predicted molar refractivity (Wildman–Crippen MR) is 113 cm³/mol. The maximum Gasteiger partial charge on any atom is 0.361 e. The average molecular weight is 536 g/mol. The van der Waals surface area contributed by atoms with Gasteiger partial charge in [-0.15, -0.1) is 0 Å². The van der Waals surface area contributed by atoms with E-state index in [1.807, 2.05) is 0 Å². The Morgan fingerprint density at radius 3 is 1.15 bits per heavy atom. The highest BCUT2D eigenvalue weighted by Crippen LogP contribution is 2.51. The van der Waals surface area contributed by atoms with E-state index in [9.17, 15) is 9.13 Å². The first-order valence-electron chi connectivity index (χ1n) is 8.42. The van der Waals surface area contributed by atoms with Gasteiger partial charge in [-0.2, -0.15) is 0 Å². The quantitative estimate of drug-likeness (QED) is 0.268. The summed E-state index contributed by atoms with van der Waals surface area (Å²) in [6, 6.07) is 3.41. The van der Waals surface area contributed by atoms with Gasteiger partial charge < -0.3 is 18.1 Å². The second kappa shape index (κ2) is 11.5. The molecule has 26 heavy (non-hydrogen) atoms. The number of rotatable bonds is 12. The van der Waals surface area contributed by atoms with E-state index in [1.165, 1.54) is 0 Å². The van der Waals surface area contributed by atoms with Gasteiger partial charge in [0.15, 0.2) is 0 Å². The van der Waals surface area contributed by atoms with Crippen LogP contribution in [0.5, 0.6) is 0 Å². The molecule has 0 heterocycles. The van der Waals surface area contributed by atoms with Crippen LogP contribution < -0.4 is 10.6 Å². The molecule has 1 aromatic carbocycles. The van der Waals surface area contributed by atoms with E-state index in [1.54, 1.807) is 39.8 Å². The molecule has 0 aliphatic heterocycles. The van der Waals surface area contributed by atoms with Crippen LogP contribution in [-0.4, -0.2) is 26.4 Å². The van der Waals surface area contributed by atoms with Crippen LogP contribution >= 0.6 is 47.1 Å². The molecule has 1 rings (SSSR count). The van der Waals surface area contributed by atoms with Crippen molar-refractivity contribution in [3.63, 3.8) is 0 Å². The minimum absolute atomic E-state index is 0.251. The van der Waals surface area contributed by atoms with Crippen LogP contribution in [0.4, 0.5) is 0 Å². The monoisotopic (exact) mass is 534 g/mol. The Kier molecular flexibility index (Phi) is 10.8. The molecule has 10 heteroatoms. The van der Waals surface area contributed by atoms with Gasteiger partial charge >= 0.3 is 15.2 Å². The van der Waals surface area contributed by atoms with Crippen molar-refractivity contribution in [2.75, 3.05) is 26.4 Å². The lowest BCUT2D eigenvalue weighted by atomic mass is 10.2. The average Bonchev–Trinajstić information content (AvgIpc) is 2.61. The SMILES string of the molecule is CCOP(=O)(OCC)c1cc(CBr)c(P(=O)(OCC)OCC)cc1CBr. The molecule has 0 fully saturated rings. The third-order valence-corrected chi connectivity index (χ3v) is 8.97. The highest BCUT2D eigenvalue weighted by atomic mass is 79.9. The smallest absolute Gasteiger partial charge is 0.305 e. The number of benzene rings is 1. The minimum atomic E-state index is -3.49. The molecule has 0 aromatic heterocycles. The van der Waals surface area contributed by atoms with Crippen molar-refractivity contribution in [2.45, 2.75) is 38.4 Å². The molecular formula is C16H26Br2O6P2.